The Balaban J connectivity index is 1.96. The smallest absolute Gasteiger partial charge is 0.327 e. The molecule has 7 nitrogen and oxygen atoms in total. The van der Waals surface area contributed by atoms with E-state index in [0.29, 0.717) is 5.56 Å². The Morgan fingerprint density at radius 1 is 0.793 bits per heavy atom. The molecule has 0 saturated heterocycles. The number of nitrogens with one attached hydrogen (secondary N) is 2. The third-order valence-corrected chi connectivity index (χ3v) is 5.60. The van der Waals surface area contributed by atoms with E-state index in [1.54, 1.807) is 7.05 Å². The Hall–Kier alpha value is -3.87. The van der Waals surface area contributed by atoms with E-state index in [9.17, 15) is 14.4 Å². The minimum Gasteiger partial charge on any atom is -0.327 e. The Labute approximate surface area is 165 Å². The van der Waals surface area contributed by atoms with Crippen molar-refractivity contribution < 1.29 is 4.79 Å². The summed E-state index contributed by atoms with van der Waals surface area (Å²) >= 11 is 0. The number of amides is 2. The van der Waals surface area contributed by atoms with Crippen molar-refractivity contribution in [3.05, 3.63) is 86.6 Å². The fraction of sp³-hybridized carbons (Fsp3) is 0.136. The summed E-state index contributed by atoms with van der Waals surface area (Å²) in [7, 11) is 2.99. The quantitative estimate of drug-likeness (QED) is 0.493. The predicted octanol–water partition coefficient (Wildman–Crippen LogP) is 2.61. The van der Waals surface area contributed by atoms with Crippen molar-refractivity contribution in [3.63, 3.8) is 0 Å². The highest BCUT2D eigenvalue weighted by molar-refractivity contribution is 6.04. The average molecular weight is 386 g/mol. The monoisotopic (exact) mass is 386 g/mol. The number of urea groups is 1. The summed E-state index contributed by atoms with van der Waals surface area (Å²) in [5, 5.41) is 9.45. The Kier molecular flexibility index (Phi) is 3.61. The van der Waals surface area contributed by atoms with Crippen molar-refractivity contribution in [1.29, 1.82) is 0 Å². The fourth-order valence-corrected chi connectivity index (χ4v) is 4.20. The molecule has 144 valence electrons. The second-order valence-corrected chi connectivity index (χ2v) is 7.23. The molecule has 5 rings (SSSR count). The maximum absolute atomic E-state index is 13.1. The average Bonchev–Trinajstić information content (AvgIpc) is 2.73. The highest BCUT2D eigenvalue weighted by atomic mass is 16.2. The SMILES string of the molecule is Cn1c2c(c(=O)n(C)c1=O)C(c1c3ccccc3cc3ccccc13)NC(=O)N2. The maximum atomic E-state index is 13.1. The normalized spacial score (nSPS) is 15.8. The van der Waals surface area contributed by atoms with E-state index in [0.717, 1.165) is 31.7 Å². The number of hydrogen-bond acceptors (Lipinski definition) is 3. The molecule has 0 fully saturated rings. The molecular formula is C22H18N4O3. The Morgan fingerprint density at radius 3 is 2.00 bits per heavy atom. The van der Waals surface area contributed by atoms with Crippen LogP contribution < -0.4 is 21.9 Å². The van der Waals surface area contributed by atoms with Gasteiger partial charge in [0.1, 0.15) is 5.82 Å². The highest BCUT2D eigenvalue weighted by Gasteiger charge is 2.33. The number of aromatic nitrogens is 2. The van der Waals surface area contributed by atoms with Crippen LogP contribution in [0.3, 0.4) is 0 Å². The van der Waals surface area contributed by atoms with Gasteiger partial charge in [-0.25, -0.2) is 9.59 Å². The number of carbonyl (C=O) groups excluding carboxylic acids is 1. The predicted molar refractivity (Wildman–Crippen MR) is 112 cm³/mol. The molecule has 1 aliphatic heterocycles. The highest BCUT2D eigenvalue weighted by Crippen LogP contribution is 2.37. The second-order valence-electron chi connectivity index (χ2n) is 7.23. The maximum Gasteiger partial charge on any atom is 0.332 e. The largest absolute Gasteiger partial charge is 0.332 e. The van der Waals surface area contributed by atoms with Crippen LogP contribution in [0.2, 0.25) is 0 Å². The first-order chi connectivity index (χ1) is 14.0. The van der Waals surface area contributed by atoms with Crippen molar-refractivity contribution >= 4 is 33.4 Å². The van der Waals surface area contributed by atoms with E-state index >= 15 is 0 Å². The molecule has 7 heteroatoms. The van der Waals surface area contributed by atoms with Crippen molar-refractivity contribution in [3.8, 4) is 0 Å². The van der Waals surface area contributed by atoms with Gasteiger partial charge in [0.25, 0.3) is 5.56 Å². The van der Waals surface area contributed by atoms with Crippen LogP contribution in [-0.2, 0) is 14.1 Å². The second kappa shape index (κ2) is 6.07. The summed E-state index contributed by atoms with van der Waals surface area (Å²) in [4.78, 5) is 38.0. The van der Waals surface area contributed by atoms with Gasteiger partial charge in [0.15, 0.2) is 0 Å². The van der Waals surface area contributed by atoms with E-state index < -0.39 is 23.3 Å². The Morgan fingerprint density at radius 2 is 1.38 bits per heavy atom. The lowest BCUT2D eigenvalue weighted by Crippen LogP contribution is -2.49. The molecule has 1 atom stereocenters. The first-order valence-electron chi connectivity index (χ1n) is 9.25. The van der Waals surface area contributed by atoms with Crippen molar-refractivity contribution in [1.82, 2.24) is 14.5 Å². The number of benzene rings is 3. The molecule has 0 bridgehead atoms. The van der Waals surface area contributed by atoms with Crippen molar-refractivity contribution in [2.45, 2.75) is 6.04 Å². The van der Waals surface area contributed by atoms with Crippen molar-refractivity contribution in [2.24, 2.45) is 14.1 Å². The molecule has 1 unspecified atom stereocenters. The van der Waals surface area contributed by atoms with Crippen molar-refractivity contribution in [2.75, 3.05) is 5.32 Å². The van der Waals surface area contributed by atoms with Crippen LogP contribution in [0.15, 0.2) is 64.2 Å². The van der Waals surface area contributed by atoms with Gasteiger partial charge in [-0.05, 0) is 33.2 Å². The number of rotatable bonds is 1. The van der Waals surface area contributed by atoms with Crippen LogP contribution in [0.25, 0.3) is 21.5 Å². The summed E-state index contributed by atoms with van der Waals surface area (Å²) in [6.45, 7) is 0. The topological polar surface area (TPSA) is 85.1 Å². The zero-order chi connectivity index (χ0) is 20.3. The lowest BCUT2D eigenvalue weighted by atomic mass is 9.88. The number of anilines is 1. The molecule has 2 N–H and O–H groups in total. The van der Waals surface area contributed by atoms with Gasteiger partial charge in [0, 0.05) is 14.1 Å². The molecule has 29 heavy (non-hydrogen) atoms. The zero-order valence-corrected chi connectivity index (χ0v) is 15.9. The molecule has 0 aliphatic carbocycles. The van der Waals surface area contributed by atoms with Gasteiger partial charge >= 0.3 is 11.7 Å². The van der Waals surface area contributed by atoms with Gasteiger partial charge in [0.05, 0.1) is 11.6 Å². The molecule has 0 spiro atoms. The molecule has 1 aliphatic rings. The first-order valence-corrected chi connectivity index (χ1v) is 9.25. The molecule has 4 aromatic rings. The van der Waals surface area contributed by atoms with Gasteiger partial charge < -0.3 is 5.32 Å². The minimum atomic E-state index is -0.694. The summed E-state index contributed by atoms with van der Waals surface area (Å²) in [5.74, 6) is 0.226. The first kappa shape index (κ1) is 17.2. The third-order valence-electron chi connectivity index (χ3n) is 5.60. The summed E-state index contributed by atoms with van der Waals surface area (Å²) in [5.41, 5.74) is 0.261. The van der Waals surface area contributed by atoms with Crippen LogP contribution in [0, 0.1) is 0 Å². The van der Waals surface area contributed by atoms with Crippen LogP contribution in [0.4, 0.5) is 10.6 Å². The van der Waals surface area contributed by atoms with Crippen LogP contribution in [-0.4, -0.2) is 15.2 Å². The van der Waals surface area contributed by atoms with E-state index in [2.05, 4.69) is 16.7 Å². The number of carbonyl (C=O) groups is 1. The van der Waals surface area contributed by atoms with Gasteiger partial charge in [-0.1, -0.05) is 48.5 Å². The fourth-order valence-electron chi connectivity index (χ4n) is 4.20. The number of fused-ring (bicyclic) bond motifs is 3. The molecule has 2 amide bonds. The molecule has 0 saturated carbocycles. The number of hydrogen-bond donors (Lipinski definition) is 2. The van der Waals surface area contributed by atoms with E-state index in [-0.39, 0.29) is 5.82 Å². The molecule has 0 radical (unpaired) electrons. The third kappa shape index (κ3) is 2.40. The van der Waals surface area contributed by atoms with E-state index in [1.165, 1.54) is 11.6 Å². The summed E-state index contributed by atoms with van der Waals surface area (Å²) < 4.78 is 2.37. The molecular weight excluding hydrogens is 368 g/mol. The lowest BCUT2D eigenvalue weighted by Gasteiger charge is -2.30. The molecule has 2 heterocycles. The number of nitrogens with zero attached hydrogens (tertiary/aromatic N) is 2. The summed E-state index contributed by atoms with van der Waals surface area (Å²) in [6.07, 6.45) is 0. The Bertz CT molecular complexity index is 1390. The molecule has 1 aromatic heterocycles. The van der Waals surface area contributed by atoms with E-state index in [4.69, 9.17) is 0 Å². The lowest BCUT2D eigenvalue weighted by molar-refractivity contribution is 0.248. The zero-order valence-electron chi connectivity index (χ0n) is 15.9. The van der Waals surface area contributed by atoms with Gasteiger partial charge in [-0.3, -0.25) is 19.2 Å². The molecule has 3 aromatic carbocycles. The minimum absolute atomic E-state index is 0.226. The van der Waals surface area contributed by atoms with Gasteiger partial charge in [-0.15, -0.1) is 0 Å². The standard InChI is InChI=1S/C22H18N4O3/c1-25-19-17(20(27)26(2)22(25)29)18(23-21(28)24-19)16-14-9-5-3-7-12(14)11-13-8-4-6-10-15(13)16/h3-11,18H,1-2H3,(H2,23,24,28). The van der Waals surface area contributed by atoms with Crippen LogP contribution in [0.1, 0.15) is 17.2 Å². The van der Waals surface area contributed by atoms with Crippen LogP contribution >= 0.6 is 0 Å². The van der Waals surface area contributed by atoms with Gasteiger partial charge in [-0.2, -0.15) is 0 Å². The van der Waals surface area contributed by atoms with Crippen LogP contribution in [0.5, 0.6) is 0 Å². The van der Waals surface area contributed by atoms with E-state index in [1.807, 2.05) is 48.5 Å². The summed E-state index contributed by atoms with van der Waals surface area (Å²) in [6, 6.07) is 16.7. The van der Waals surface area contributed by atoms with Gasteiger partial charge in [0.2, 0.25) is 0 Å².